The topological polar surface area (TPSA) is 124 Å². The fourth-order valence-electron chi connectivity index (χ4n) is 3.55. The SMILES string of the molecule is N#Cc1ccc(Cl)cc1S[C@H]1OC(CO)[C@H](O)C(n2cc(-c3cc(F)c(Cl)c(F)c3)nn2)[C@@H]1O. The van der Waals surface area contributed by atoms with Crippen LogP contribution in [0.25, 0.3) is 11.3 Å². The van der Waals surface area contributed by atoms with Crippen molar-refractivity contribution in [1.82, 2.24) is 15.0 Å². The minimum absolute atomic E-state index is 0.0453. The molecule has 3 N–H and O–H groups in total. The molecule has 3 aromatic rings. The van der Waals surface area contributed by atoms with Crippen molar-refractivity contribution in [3.05, 3.63) is 63.8 Å². The number of halogens is 4. The van der Waals surface area contributed by atoms with E-state index in [0.717, 1.165) is 28.6 Å². The first kappa shape index (κ1) is 24.8. The summed E-state index contributed by atoms with van der Waals surface area (Å²) in [6.07, 6.45) is -2.60. The van der Waals surface area contributed by atoms with Gasteiger partial charge in [0.2, 0.25) is 0 Å². The lowest BCUT2D eigenvalue weighted by molar-refractivity contribution is -0.178. The number of ether oxygens (including phenoxy) is 1. The summed E-state index contributed by atoms with van der Waals surface area (Å²) in [6.45, 7) is -0.572. The quantitative estimate of drug-likeness (QED) is 0.431. The third-order valence-electron chi connectivity index (χ3n) is 5.25. The number of nitriles is 1. The van der Waals surface area contributed by atoms with E-state index in [0.29, 0.717) is 15.5 Å². The molecule has 0 saturated carbocycles. The number of benzene rings is 2. The van der Waals surface area contributed by atoms with Crippen LogP contribution in [0.1, 0.15) is 11.6 Å². The Morgan fingerprint density at radius 2 is 1.85 bits per heavy atom. The van der Waals surface area contributed by atoms with Crippen molar-refractivity contribution in [3.63, 3.8) is 0 Å². The van der Waals surface area contributed by atoms with E-state index >= 15 is 0 Å². The molecule has 8 nitrogen and oxygen atoms in total. The number of thioether (sulfide) groups is 1. The zero-order valence-corrected chi connectivity index (χ0v) is 19.3. The van der Waals surface area contributed by atoms with Gasteiger partial charge >= 0.3 is 0 Å². The van der Waals surface area contributed by atoms with Gasteiger partial charge in [-0.25, -0.2) is 13.5 Å². The van der Waals surface area contributed by atoms with E-state index in [1.165, 1.54) is 18.3 Å². The highest BCUT2D eigenvalue weighted by Gasteiger charge is 2.46. The minimum atomic E-state index is -1.40. The average molecular weight is 529 g/mol. The first-order valence-electron chi connectivity index (χ1n) is 9.79. The highest BCUT2D eigenvalue weighted by atomic mass is 35.5. The molecule has 0 amide bonds. The Kier molecular flexibility index (Phi) is 7.39. The van der Waals surface area contributed by atoms with Crippen LogP contribution in [0.5, 0.6) is 0 Å². The van der Waals surface area contributed by atoms with Crippen molar-refractivity contribution in [2.75, 3.05) is 6.61 Å². The normalized spacial score (nSPS) is 24.7. The van der Waals surface area contributed by atoms with Gasteiger partial charge < -0.3 is 20.1 Å². The van der Waals surface area contributed by atoms with Gasteiger partial charge in [0.25, 0.3) is 0 Å². The van der Waals surface area contributed by atoms with Crippen molar-refractivity contribution in [2.24, 2.45) is 0 Å². The first-order valence-corrected chi connectivity index (χ1v) is 11.4. The van der Waals surface area contributed by atoms with Crippen molar-refractivity contribution in [3.8, 4) is 17.3 Å². The second kappa shape index (κ2) is 10.1. The Morgan fingerprint density at radius 3 is 2.50 bits per heavy atom. The molecular weight excluding hydrogens is 513 g/mol. The maximum absolute atomic E-state index is 13.9. The summed E-state index contributed by atoms with van der Waals surface area (Å²) in [6, 6.07) is 7.44. The Morgan fingerprint density at radius 1 is 1.15 bits per heavy atom. The molecule has 0 bridgehead atoms. The monoisotopic (exact) mass is 528 g/mol. The molecule has 2 aromatic carbocycles. The minimum Gasteiger partial charge on any atom is -0.394 e. The molecule has 1 aromatic heterocycles. The van der Waals surface area contributed by atoms with Gasteiger partial charge in [0.1, 0.15) is 58.2 Å². The number of aliphatic hydroxyl groups excluding tert-OH is 3. The molecule has 0 spiro atoms. The van der Waals surface area contributed by atoms with Gasteiger partial charge in [-0.15, -0.1) is 5.10 Å². The summed E-state index contributed by atoms with van der Waals surface area (Å²) in [5.41, 5.74) is -0.631. The van der Waals surface area contributed by atoms with Crippen LogP contribution in [-0.4, -0.2) is 60.7 Å². The van der Waals surface area contributed by atoms with Gasteiger partial charge in [-0.05, 0) is 30.3 Å². The van der Waals surface area contributed by atoms with Crippen molar-refractivity contribution in [2.45, 2.75) is 34.7 Å². The van der Waals surface area contributed by atoms with Crippen LogP contribution in [0.3, 0.4) is 0 Å². The number of aliphatic hydroxyl groups is 3. The Balaban J connectivity index is 1.66. The summed E-state index contributed by atoms with van der Waals surface area (Å²) in [4.78, 5) is 0.428. The predicted molar refractivity (Wildman–Crippen MR) is 119 cm³/mol. The second-order valence-corrected chi connectivity index (χ2v) is 9.36. The Labute approximate surface area is 206 Å². The number of aromatic nitrogens is 3. The largest absolute Gasteiger partial charge is 0.394 e. The van der Waals surface area contributed by atoms with E-state index in [2.05, 4.69) is 10.3 Å². The molecule has 2 heterocycles. The molecule has 1 aliphatic rings. The van der Waals surface area contributed by atoms with Gasteiger partial charge in [0.15, 0.2) is 0 Å². The lowest BCUT2D eigenvalue weighted by Crippen LogP contribution is -2.55. The van der Waals surface area contributed by atoms with Crippen molar-refractivity contribution in [1.29, 1.82) is 5.26 Å². The Hall–Kier alpha value is -2.30. The van der Waals surface area contributed by atoms with E-state index in [1.54, 1.807) is 6.07 Å². The fourth-order valence-corrected chi connectivity index (χ4v) is 5.08. The molecule has 1 fully saturated rings. The van der Waals surface area contributed by atoms with Gasteiger partial charge in [0.05, 0.1) is 18.4 Å². The fraction of sp³-hybridized carbons (Fsp3) is 0.286. The molecule has 178 valence electrons. The summed E-state index contributed by atoms with van der Waals surface area (Å²) >= 11 is 12.5. The predicted octanol–water partition coefficient (Wildman–Crippen LogP) is 3.17. The zero-order valence-electron chi connectivity index (χ0n) is 17.0. The first-order chi connectivity index (χ1) is 16.2. The third kappa shape index (κ3) is 4.76. The molecule has 4 rings (SSSR count). The summed E-state index contributed by atoms with van der Waals surface area (Å²) < 4.78 is 34.6. The molecule has 5 atom stereocenters. The molecule has 2 unspecified atom stereocenters. The standard InChI is InChI=1S/C21H16Cl2F2N4O4S/c22-11-2-1-9(6-26)16(5-11)34-21-20(32)18(19(31)15(8-30)33-21)29-7-14(27-28-29)10-3-12(24)17(23)13(25)4-10/h1-5,7,15,18-21,30-32H,8H2/t15?,18?,19-,20-,21+/m0/s1. The van der Waals surface area contributed by atoms with Crippen LogP contribution in [-0.2, 0) is 4.74 Å². The van der Waals surface area contributed by atoms with E-state index in [9.17, 15) is 29.4 Å². The summed E-state index contributed by atoms with van der Waals surface area (Å²) in [5.74, 6) is -1.96. The van der Waals surface area contributed by atoms with Gasteiger partial charge in [0, 0.05) is 15.5 Å². The van der Waals surface area contributed by atoms with Crippen LogP contribution >= 0.6 is 35.0 Å². The lowest BCUT2D eigenvalue weighted by Gasteiger charge is -2.41. The second-order valence-electron chi connectivity index (χ2n) is 7.41. The number of nitrogens with zero attached hydrogens (tertiary/aromatic N) is 4. The smallest absolute Gasteiger partial charge is 0.145 e. The van der Waals surface area contributed by atoms with Crippen LogP contribution in [0, 0.1) is 23.0 Å². The summed E-state index contributed by atoms with van der Waals surface area (Å²) in [7, 11) is 0. The molecule has 1 aliphatic heterocycles. The van der Waals surface area contributed by atoms with Crippen LogP contribution < -0.4 is 0 Å². The molecular formula is C21H16Cl2F2N4O4S. The van der Waals surface area contributed by atoms with Crippen molar-refractivity contribution >= 4 is 35.0 Å². The maximum Gasteiger partial charge on any atom is 0.145 e. The zero-order chi connectivity index (χ0) is 24.6. The van der Waals surface area contributed by atoms with Crippen LogP contribution in [0.15, 0.2) is 41.4 Å². The van der Waals surface area contributed by atoms with Gasteiger partial charge in [-0.3, -0.25) is 0 Å². The number of hydrogen-bond acceptors (Lipinski definition) is 8. The van der Waals surface area contributed by atoms with Crippen LogP contribution in [0.4, 0.5) is 8.78 Å². The highest BCUT2D eigenvalue weighted by Crippen LogP contribution is 2.40. The van der Waals surface area contributed by atoms with Gasteiger partial charge in [-0.1, -0.05) is 40.2 Å². The van der Waals surface area contributed by atoms with E-state index in [4.69, 9.17) is 27.9 Å². The molecule has 1 saturated heterocycles. The van der Waals surface area contributed by atoms with Gasteiger partial charge in [-0.2, -0.15) is 5.26 Å². The molecule has 0 radical (unpaired) electrons. The highest BCUT2D eigenvalue weighted by molar-refractivity contribution is 7.99. The molecule has 13 heteroatoms. The number of hydrogen-bond donors (Lipinski definition) is 3. The Bertz CT molecular complexity index is 1230. The van der Waals surface area contributed by atoms with E-state index in [1.807, 2.05) is 6.07 Å². The van der Waals surface area contributed by atoms with Crippen molar-refractivity contribution < 1.29 is 28.8 Å². The third-order valence-corrected chi connectivity index (χ3v) is 7.06. The number of rotatable bonds is 5. The molecule has 0 aliphatic carbocycles. The lowest BCUT2D eigenvalue weighted by atomic mass is 9.97. The summed E-state index contributed by atoms with van der Waals surface area (Å²) in [5, 5.41) is 48.4. The van der Waals surface area contributed by atoms with E-state index in [-0.39, 0.29) is 11.3 Å². The van der Waals surface area contributed by atoms with E-state index < -0.39 is 53.1 Å². The average Bonchev–Trinajstić information content (AvgIpc) is 3.29. The van der Waals surface area contributed by atoms with Crippen LogP contribution in [0.2, 0.25) is 10.0 Å². The molecule has 34 heavy (non-hydrogen) atoms. The maximum atomic E-state index is 13.9.